The van der Waals surface area contributed by atoms with Crippen LogP contribution in [0.5, 0.6) is 0 Å². The minimum atomic E-state index is -0.227. The predicted molar refractivity (Wildman–Crippen MR) is 98.5 cm³/mol. The highest BCUT2D eigenvalue weighted by atomic mass is 16.5. The Bertz CT molecular complexity index is 519. The van der Waals surface area contributed by atoms with E-state index in [1.54, 1.807) is 7.11 Å². The molecule has 1 fully saturated rings. The largest absolute Gasteiger partial charge is 0.379 e. The summed E-state index contributed by atoms with van der Waals surface area (Å²) in [5.74, 6) is 0. The number of methoxy groups -OCH3 is 1. The number of carbonyl (C=O) groups is 1. The lowest BCUT2D eigenvalue weighted by atomic mass is 10.00. The maximum absolute atomic E-state index is 12.5. The molecule has 1 aliphatic rings. The van der Waals surface area contributed by atoms with Gasteiger partial charge in [0.25, 0.3) is 0 Å². The molecular formula is C19H31N3O2. The molecule has 0 aliphatic carbocycles. The van der Waals surface area contributed by atoms with Crippen LogP contribution in [0.4, 0.5) is 10.5 Å². The molecule has 134 valence electrons. The molecule has 1 N–H and O–H groups in total. The van der Waals surface area contributed by atoms with Crippen molar-refractivity contribution >= 4 is 11.7 Å². The fourth-order valence-electron chi connectivity index (χ4n) is 3.19. The van der Waals surface area contributed by atoms with Gasteiger partial charge in [-0.2, -0.15) is 0 Å². The van der Waals surface area contributed by atoms with E-state index >= 15 is 0 Å². The number of hydrogen-bond acceptors (Lipinski definition) is 3. The molecule has 1 aromatic rings. The Kier molecular flexibility index (Phi) is 6.49. The van der Waals surface area contributed by atoms with Gasteiger partial charge in [0.1, 0.15) is 0 Å². The second kappa shape index (κ2) is 8.38. The van der Waals surface area contributed by atoms with Gasteiger partial charge in [-0.3, -0.25) is 0 Å². The zero-order valence-electron chi connectivity index (χ0n) is 15.4. The molecule has 0 saturated carbocycles. The zero-order chi connectivity index (χ0) is 17.6. The van der Waals surface area contributed by atoms with Crippen LogP contribution in [0.3, 0.4) is 0 Å². The minimum Gasteiger partial charge on any atom is -0.379 e. The van der Waals surface area contributed by atoms with Crippen molar-refractivity contribution in [3.63, 3.8) is 0 Å². The Labute approximate surface area is 146 Å². The fraction of sp³-hybridized carbons (Fsp3) is 0.632. The standard InChI is InChI=1S/C19H31N3O2/c1-16(15-19(2,3)24-4)20-18(23)22-12-8-11-21(13-14-22)17-9-6-5-7-10-17/h5-7,9-10,16H,8,11-15H2,1-4H3,(H,20,23). The van der Waals surface area contributed by atoms with E-state index in [4.69, 9.17) is 4.74 Å². The molecule has 1 aromatic carbocycles. The molecule has 0 radical (unpaired) electrons. The van der Waals surface area contributed by atoms with Gasteiger partial charge in [-0.15, -0.1) is 0 Å². The van der Waals surface area contributed by atoms with Crippen LogP contribution in [-0.2, 0) is 4.74 Å². The van der Waals surface area contributed by atoms with Crippen molar-refractivity contribution in [2.45, 2.75) is 45.3 Å². The van der Waals surface area contributed by atoms with Gasteiger partial charge in [0.2, 0.25) is 0 Å². The summed E-state index contributed by atoms with van der Waals surface area (Å²) in [4.78, 5) is 16.8. The van der Waals surface area contributed by atoms with Crippen LogP contribution in [0.2, 0.25) is 0 Å². The van der Waals surface area contributed by atoms with Gasteiger partial charge in [0, 0.05) is 45.0 Å². The third kappa shape index (κ3) is 5.41. The number of rotatable bonds is 5. The van der Waals surface area contributed by atoms with Crippen molar-refractivity contribution in [2.24, 2.45) is 0 Å². The Balaban J connectivity index is 1.85. The normalized spacial score (nSPS) is 17.3. The van der Waals surface area contributed by atoms with Crippen LogP contribution in [0.25, 0.3) is 0 Å². The summed E-state index contributed by atoms with van der Waals surface area (Å²) >= 11 is 0. The monoisotopic (exact) mass is 333 g/mol. The highest BCUT2D eigenvalue weighted by Crippen LogP contribution is 2.17. The number of nitrogens with one attached hydrogen (secondary N) is 1. The average Bonchev–Trinajstić information content (AvgIpc) is 2.81. The molecule has 0 bridgehead atoms. The summed E-state index contributed by atoms with van der Waals surface area (Å²) in [6, 6.07) is 10.5. The molecule has 2 amide bonds. The highest BCUT2D eigenvalue weighted by molar-refractivity contribution is 5.74. The molecule has 1 heterocycles. The van der Waals surface area contributed by atoms with E-state index < -0.39 is 0 Å². The summed E-state index contributed by atoms with van der Waals surface area (Å²) < 4.78 is 5.45. The Morgan fingerprint density at radius 1 is 1.21 bits per heavy atom. The first-order chi connectivity index (χ1) is 11.4. The van der Waals surface area contributed by atoms with Gasteiger partial charge in [-0.1, -0.05) is 18.2 Å². The first-order valence-corrected chi connectivity index (χ1v) is 8.82. The Hall–Kier alpha value is -1.75. The molecule has 5 heteroatoms. The van der Waals surface area contributed by atoms with Gasteiger partial charge >= 0.3 is 6.03 Å². The lowest BCUT2D eigenvalue weighted by Crippen LogP contribution is -2.47. The van der Waals surface area contributed by atoms with Crippen molar-refractivity contribution in [3.8, 4) is 0 Å². The Morgan fingerprint density at radius 2 is 1.92 bits per heavy atom. The number of nitrogens with zero attached hydrogens (tertiary/aromatic N) is 2. The molecule has 24 heavy (non-hydrogen) atoms. The maximum atomic E-state index is 12.5. The van der Waals surface area contributed by atoms with E-state index in [-0.39, 0.29) is 17.7 Å². The van der Waals surface area contributed by atoms with E-state index in [0.29, 0.717) is 0 Å². The summed E-state index contributed by atoms with van der Waals surface area (Å²) in [5, 5.41) is 3.11. The van der Waals surface area contributed by atoms with Crippen LogP contribution >= 0.6 is 0 Å². The van der Waals surface area contributed by atoms with Crippen LogP contribution < -0.4 is 10.2 Å². The summed E-state index contributed by atoms with van der Waals surface area (Å²) in [7, 11) is 1.71. The number of benzene rings is 1. The average molecular weight is 333 g/mol. The van der Waals surface area contributed by atoms with Crippen LogP contribution in [-0.4, -0.2) is 55.9 Å². The van der Waals surface area contributed by atoms with Gasteiger partial charge < -0.3 is 19.9 Å². The van der Waals surface area contributed by atoms with E-state index in [1.807, 2.05) is 31.7 Å². The quantitative estimate of drug-likeness (QED) is 0.900. The number of urea groups is 1. The van der Waals surface area contributed by atoms with Gasteiger partial charge in [-0.05, 0) is 45.7 Å². The van der Waals surface area contributed by atoms with E-state index in [0.717, 1.165) is 39.0 Å². The number of amides is 2. The van der Waals surface area contributed by atoms with E-state index in [9.17, 15) is 4.79 Å². The van der Waals surface area contributed by atoms with Gasteiger partial charge in [0.05, 0.1) is 5.60 Å². The summed E-state index contributed by atoms with van der Waals surface area (Å²) in [6.45, 7) is 9.53. The Morgan fingerprint density at radius 3 is 2.58 bits per heavy atom. The lowest BCUT2D eigenvalue weighted by Gasteiger charge is -2.29. The van der Waals surface area contributed by atoms with Crippen molar-refractivity contribution in [1.29, 1.82) is 0 Å². The second-order valence-electron chi connectivity index (χ2n) is 7.18. The molecule has 0 aromatic heterocycles. The third-order valence-corrected chi connectivity index (χ3v) is 4.62. The lowest BCUT2D eigenvalue weighted by molar-refractivity contribution is 0.00916. The summed E-state index contributed by atoms with van der Waals surface area (Å²) in [6.07, 6.45) is 1.78. The van der Waals surface area contributed by atoms with Crippen LogP contribution in [0, 0.1) is 0 Å². The third-order valence-electron chi connectivity index (χ3n) is 4.62. The maximum Gasteiger partial charge on any atom is 0.317 e. The fourth-order valence-corrected chi connectivity index (χ4v) is 3.19. The molecule has 0 spiro atoms. The molecule has 2 rings (SSSR count). The molecular weight excluding hydrogens is 302 g/mol. The van der Waals surface area contributed by atoms with Crippen molar-refractivity contribution in [1.82, 2.24) is 10.2 Å². The minimum absolute atomic E-state index is 0.0318. The topological polar surface area (TPSA) is 44.8 Å². The van der Waals surface area contributed by atoms with Crippen molar-refractivity contribution < 1.29 is 9.53 Å². The SMILES string of the molecule is COC(C)(C)CC(C)NC(=O)N1CCCN(c2ccccc2)CC1. The van der Waals surface area contributed by atoms with E-state index in [2.05, 4.69) is 34.5 Å². The molecule has 1 saturated heterocycles. The first-order valence-electron chi connectivity index (χ1n) is 8.82. The number of para-hydroxylation sites is 1. The molecule has 1 unspecified atom stereocenters. The van der Waals surface area contributed by atoms with Crippen molar-refractivity contribution in [2.75, 3.05) is 38.2 Å². The number of hydrogen-bond donors (Lipinski definition) is 1. The number of anilines is 1. The second-order valence-corrected chi connectivity index (χ2v) is 7.18. The highest BCUT2D eigenvalue weighted by Gasteiger charge is 2.24. The molecule has 5 nitrogen and oxygen atoms in total. The number of carbonyl (C=O) groups excluding carboxylic acids is 1. The summed E-state index contributed by atoms with van der Waals surface area (Å²) in [5.41, 5.74) is 1.00. The van der Waals surface area contributed by atoms with Crippen molar-refractivity contribution in [3.05, 3.63) is 30.3 Å². The van der Waals surface area contributed by atoms with E-state index in [1.165, 1.54) is 5.69 Å². The predicted octanol–water partition coefficient (Wildman–Crippen LogP) is 3.11. The van der Waals surface area contributed by atoms with Crippen LogP contribution in [0.15, 0.2) is 30.3 Å². The first kappa shape index (κ1) is 18.6. The molecule has 1 atom stereocenters. The zero-order valence-corrected chi connectivity index (χ0v) is 15.4. The number of ether oxygens (including phenoxy) is 1. The van der Waals surface area contributed by atoms with Crippen LogP contribution in [0.1, 0.15) is 33.6 Å². The molecule has 1 aliphatic heterocycles. The van der Waals surface area contributed by atoms with Gasteiger partial charge in [-0.25, -0.2) is 4.79 Å². The van der Waals surface area contributed by atoms with Gasteiger partial charge in [0.15, 0.2) is 0 Å². The smallest absolute Gasteiger partial charge is 0.317 e.